The van der Waals surface area contributed by atoms with Crippen LogP contribution in [0.3, 0.4) is 0 Å². The Morgan fingerprint density at radius 1 is 1.33 bits per heavy atom. The molecule has 4 nitrogen and oxygen atoms in total. The minimum Gasteiger partial charge on any atom is -0.382 e. The third-order valence-corrected chi connectivity index (χ3v) is 2.65. The molecule has 0 aliphatic carbocycles. The largest absolute Gasteiger partial charge is 0.382 e. The molecule has 1 atom stereocenters. The number of rotatable bonds is 7. The van der Waals surface area contributed by atoms with Gasteiger partial charge in [-0.2, -0.15) is 0 Å². The normalized spacial score (nSPS) is 23.2. The average molecular weight is 216 g/mol. The zero-order chi connectivity index (χ0) is 10.9. The van der Waals surface area contributed by atoms with Gasteiger partial charge in [-0.15, -0.1) is 0 Å². The highest BCUT2D eigenvalue weighted by molar-refractivity contribution is 4.74. The van der Waals surface area contributed by atoms with Gasteiger partial charge in [0.25, 0.3) is 0 Å². The van der Waals surface area contributed by atoms with E-state index >= 15 is 0 Å². The monoisotopic (exact) mass is 216 g/mol. The number of hydrogen-bond donors (Lipinski definition) is 1. The van der Waals surface area contributed by atoms with Crippen molar-refractivity contribution in [2.24, 2.45) is 0 Å². The van der Waals surface area contributed by atoms with Gasteiger partial charge in [-0.25, -0.2) is 0 Å². The van der Waals surface area contributed by atoms with Crippen LogP contribution in [0.25, 0.3) is 0 Å². The molecule has 0 aromatic heterocycles. The predicted octanol–water partition coefficient (Wildman–Crippen LogP) is 0.333. The lowest BCUT2D eigenvalue weighted by atomic mass is 10.2. The third kappa shape index (κ3) is 6.10. The van der Waals surface area contributed by atoms with E-state index in [4.69, 9.17) is 9.47 Å². The summed E-state index contributed by atoms with van der Waals surface area (Å²) >= 11 is 0. The van der Waals surface area contributed by atoms with Crippen LogP contribution in [-0.2, 0) is 9.47 Å². The quantitative estimate of drug-likeness (QED) is 0.622. The second kappa shape index (κ2) is 8.05. The van der Waals surface area contributed by atoms with Gasteiger partial charge in [0.1, 0.15) is 0 Å². The van der Waals surface area contributed by atoms with Crippen molar-refractivity contribution >= 4 is 0 Å². The van der Waals surface area contributed by atoms with E-state index in [2.05, 4.69) is 17.1 Å². The molecule has 1 aliphatic heterocycles. The Hall–Kier alpha value is -0.160. The molecule has 1 rings (SSSR count). The predicted molar refractivity (Wildman–Crippen MR) is 61.2 cm³/mol. The van der Waals surface area contributed by atoms with E-state index in [-0.39, 0.29) is 0 Å². The van der Waals surface area contributed by atoms with Crippen molar-refractivity contribution in [1.29, 1.82) is 0 Å². The minimum atomic E-state index is 0.633. The van der Waals surface area contributed by atoms with E-state index in [9.17, 15) is 0 Å². The first-order valence-electron chi connectivity index (χ1n) is 5.85. The topological polar surface area (TPSA) is 33.7 Å². The van der Waals surface area contributed by atoms with Crippen molar-refractivity contribution in [3.8, 4) is 0 Å². The summed E-state index contributed by atoms with van der Waals surface area (Å²) in [4.78, 5) is 2.50. The minimum absolute atomic E-state index is 0.633. The van der Waals surface area contributed by atoms with Crippen LogP contribution in [0.2, 0.25) is 0 Å². The molecular formula is C11H24N2O2. The van der Waals surface area contributed by atoms with Gasteiger partial charge in [0.15, 0.2) is 0 Å². The van der Waals surface area contributed by atoms with E-state index in [1.54, 1.807) is 7.11 Å². The lowest BCUT2D eigenvalue weighted by Gasteiger charge is -2.31. The van der Waals surface area contributed by atoms with Gasteiger partial charge in [-0.3, -0.25) is 0 Å². The van der Waals surface area contributed by atoms with Crippen molar-refractivity contribution in [2.45, 2.75) is 19.4 Å². The zero-order valence-corrected chi connectivity index (χ0v) is 10.00. The molecule has 0 aromatic rings. The Morgan fingerprint density at radius 3 is 2.93 bits per heavy atom. The van der Waals surface area contributed by atoms with Crippen LogP contribution in [0.5, 0.6) is 0 Å². The van der Waals surface area contributed by atoms with Gasteiger partial charge in [0, 0.05) is 45.9 Å². The van der Waals surface area contributed by atoms with Crippen LogP contribution in [0, 0.1) is 0 Å². The maximum atomic E-state index is 5.42. The molecule has 0 unspecified atom stereocenters. The first-order chi connectivity index (χ1) is 7.33. The van der Waals surface area contributed by atoms with Gasteiger partial charge in [-0.05, 0) is 13.3 Å². The Kier molecular flexibility index (Phi) is 6.92. The Balaban J connectivity index is 1.90. The summed E-state index contributed by atoms with van der Waals surface area (Å²) in [5.74, 6) is 0. The molecule has 90 valence electrons. The van der Waals surface area contributed by atoms with Crippen LogP contribution in [0.15, 0.2) is 0 Å². The molecule has 1 heterocycles. The van der Waals surface area contributed by atoms with Crippen molar-refractivity contribution in [3.63, 3.8) is 0 Å². The van der Waals surface area contributed by atoms with E-state index in [1.807, 2.05) is 0 Å². The lowest BCUT2D eigenvalue weighted by Crippen LogP contribution is -2.49. The maximum Gasteiger partial charge on any atom is 0.0700 e. The zero-order valence-electron chi connectivity index (χ0n) is 10.00. The van der Waals surface area contributed by atoms with Gasteiger partial charge in [0.05, 0.1) is 13.2 Å². The van der Waals surface area contributed by atoms with E-state index in [0.29, 0.717) is 19.3 Å². The van der Waals surface area contributed by atoms with E-state index < -0.39 is 0 Å². The Morgan fingerprint density at radius 2 is 2.20 bits per heavy atom. The first-order valence-corrected chi connectivity index (χ1v) is 5.85. The second-order valence-electron chi connectivity index (χ2n) is 4.11. The number of methoxy groups -OCH3 is 1. The fraction of sp³-hybridized carbons (Fsp3) is 1.00. The maximum absolute atomic E-state index is 5.42. The van der Waals surface area contributed by atoms with Crippen LogP contribution >= 0.6 is 0 Å². The lowest BCUT2D eigenvalue weighted by molar-refractivity contribution is 0.0637. The Bertz CT molecular complexity index is 156. The first kappa shape index (κ1) is 12.9. The standard InChI is InChI=1S/C11H24N2O2/c1-11-10-13(6-4-12-11)5-3-7-15-9-8-14-2/h11-12H,3-10H2,1-2H3/t11-/m1/s1. The number of ether oxygens (including phenoxy) is 2. The average Bonchev–Trinajstić information content (AvgIpc) is 2.23. The fourth-order valence-corrected chi connectivity index (χ4v) is 1.85. The van der Waals surface area contributed by atoms with Gasteiger partial charge in [-0.1, -0.05) is 0 Å². The van der Waals surface area contributed by atoms with Crippen LogP contribution in [0.4, 0.5) is 0 Å². The van der Waals surface area contributed by atoms with E-state index in [0.717, 1.165) is 32.7 Å². The van der Waals surface area contributed by atoms with Gasteiger partial charge >= 0.3 is 0 Å². The van der Waals surface area contributed by atoms with Crippen molar-refractivity contribution in [1.82, 2.24) is 10.2 Å². The number of nitrogens with zero attached hydrogens (tertiary/aromatic N) is 1. The van der Waals surface area contributed by atoms with Gasteiger partial charge < -0.3 is 19.7 Å². The molecule has 0 saturated carbocycles. The molecule has 0 amide bonds. The van der Waals surface area contributed by atoms with Crippen LogP contribution in [-0.4, -0.2) is 64.1 Å². The highest BCUT2D eigenvalue weighted by Gasteiger charge is 2.14. The molecule has 1 aliphatic rings. The molecule has 4 heteroatoms. The summed E-state index contributed by atoms with van der Waals surface area (Å²) in [6, 6.07) is 0.633. The van der Waals surface area contributed by atoms with Crippen LogP contribution < -0.4 is 5.32 Å². The highest BCUT2D eigenvalue weighted by atomic mass is 16.5. The van der Waals surface area contributed by atoms with Crippen LogP contribution in [0.1, 0.15) is 13.3 Å². The summed E-state index contributed by atoms with van der Waals surface area (Å²) in [7, 11) is 1.70. The molecule has 1 saturated heterocycles. The summed E-state index contributed by atoms with van der Waals surface area (Å²) in [5, 5.41) is 3.44. The number of piperazine rings is 1. The third-order valence-electron chi connectivity index (χ3n) is 2.65. The summed E-state index contributed by atoms with van der Waals surface area (Å²) in [6.45, 7) is 9.10. The van der Waals surface area contributed by atoms with Gasteiger partial charge in [0.2, 0.25) is 0 Å². The molecule has 0 spiro atoms. The van der Waals surface area contributed by atoms with Crippen molar-refractivity contribution < 1.29 is 9.47 Å². The molecule has 0 radical (unpaired) electrons. The van der Waals surface area contributed by atoms with Crippen molar-refractivity contribution in [2.75, 3.05) is 53.1 Å². The highest BCUT2D eigenvalue weighted by Crippen LogP contribution is 1.99. The molecule has 15 heavy (non-hydrogen) atoms. The molecular weight excluding hydrogens is 192 g/mol. The number of nitrogens with one attached hydrogen (secondary N) is 1. The molecule has 0 aromatic carbocycles. The SMILES string of the molecule is COCCOCCCN1CCN[C@H](C)C1. The molecule has 0 bridgehead atoms. The Labute approximate surface area is 92.9 Å². The molecule has 1 fully saturated rings. The fourth-order valence-electron chi connectivity index (χ4n) is 1.85. The van der Waals surface area contributed by atoms with E-state index in [1.165, 1.54) is 6.54 Å². The van der Waals surface area contributed by atoms with Crippen molar-refractivity contribution in [3.05, 3.63) is 0 Å². The second-order valence-corrected chi connectivity index (χ2v) is 4.11. The summed E-state index contributed by atoms with van der Waals surface area (Å²) in [5.41, 5.74) is 0. The summed E-state index contributed by atoms with van der Waals surface area (Å²) < 4.78 is 10.3. The summed E-state index contributed by atoms with van der Waals surface area (Å²) in [6.07, 6.45) is 1.12. The molecule has 1 N–H and O–H groups in total. The number of hydrogen-bond acceptors (Lipinski definition) is 4. The smallest absolute Gasteiger partial charge is 0.0700 e.